The van der Waals surface area contributed by atoms with E-state index in [0.717, 1.165) is 6.42 Å². The van der Waals surface area contributed by atoms with E-state index in [4.69, 9.17) is 4.98 Å². The Morgan fingerprint density at radius 3 is 2.95 bits per heavy atom. The highest BCUT2D eigenvalue weighted by molar-refractivity contribution is 7.15. The van der Waals surface area contributed by atoms with E-state index < -0.39 is 0 Å². The van der Waals surface area contributed by atoms with Crippen LogP contribution < -0.4 is 5.32 Å². The number of rotatable bonds is 2. The van der Waals surface area contributed by atoms with Crippen molar-refractivity contribution in [3.8, 4) is 10.6 Å². The molecular weight excluding hydrogens is 252 g/mol. The Hall–Kier alpha value is -1.19. The Labute approximate surface area is 118 Å². The van der Waals surface area contributed by atoms with Crippen LogP contribution in [0.4, 0.5) is 0 Å². The van der Waals surface area contributed by atoms with Gasteiger partial charge in [-0.15, -0.1) is 11.3 Å². The summed E-state index contributed by atoms with van der Waals surface area (Å²) >= 11 is 1.87. The topological polar surface area (TPSA) is 24.9 Å². The van der Waals surface area contributed by atoms with E-state index in [1.165, 1.54) is 45.1 Å². The minimum atomic E-state index is 0.500. The van der Waals surface area contributed by atoms with E-state index >= 15 is 0 Å². The summed E-state index contributed by atoms with van der Waals surface area (Å²) in [6, 6.07) is 7.12. The zero-order valence-electron chi connectivity index (χ0n) is 11.8. The average molecular weight is 272 g/mol. The summed E-state index contributed by atoms with van der Waals surface area (Å²) in [7, 11) is 2.05. The normalized spacial score (nSPS) is 18.4. The third-order valence-corrected chi connectivity index (χ3v) is 5.17. The van der Waals surface area contributed by atoms with Gasteiger partial charge in [0.1, 0.15) is 5.01 Å². The van der Waals surface area contributed by atoms with Crippen LogP contribution in [0.1, 0.15) is 40.6 Å². The largest absolute Gasteiger partial charge is 0.312 e. The molecule has 0 fully saturated rings. The van der Waals surface area contributed by atoms with Gasteiger partial charge in [-0.25, -0.2) is 4.98 Å². The molecule has 0 radical (unpaired) electrons. The van der Waals surface area contributed by atoms with Crippen LogP contribution in [0.5, 0.6) is 0 Å². The van der Waals surface area contributed by atoms with E-state index in [2.05, 4.69) is 44.4 Å². The third kappa shape index (κ3) is 2.33. The van der Waals surface area contributed by atoms with Crippen molar-refractivity contribution in [2.24, 2.45) is 0 Å². The van der Waals surface area contributed by atoms with Crippen molar-refractivity contribution in [3.63, 3.8) is 0 Å². The average Bonchev–Trinajstić information content (AvgIpc) is 2.85. The fraction of sp³-hybridized carbons (Fsp3) is 0.438. The van der Waals surface area contributed by atoms with E-state index in [1.54, 1.807) is 0 Å². The number of aryl methyl sites for hydroxylation is 3. The maximum Gasteiger partial charge on any atom is 0.124 e. The molecule has 1 atom stereocenters. The van der Waals surface area contributed by atoms with E-state index in [-0.39, 0.29) is 0 Å². The van der Waals surface area contributed by atoms with Gasteiger partial charge in [0.25, 0.3) is 0 Å². The Kier molecular flexibility index (Phi) is 3.42. The number of aromatic nitrogens is 1. The lowest BCUT2D eigenvalue weighted by atomic mass is 9.98. The minimum Gasteiger partial charge on any atom is -0.312 e. The first-order valence-corrected chi connectivity index (χ1v) is 7.75. The van der Waals surface area contributed by atoms with Crippen molar-refractivity contribution in [2.75, 3.05) is 7.05 Å². The molecular formula is C16H20N2S. The Bertz CT molecular complexity index is 601. The molecule has 0 bridgehead atoms. The maximum atomic E-state index is 4.90. The summed E-state index contributed by atoms with van der Waals surface area (Å²) in [5, 5.41) is 4.61. The summed E-state index contributed by atoms with van der Waals surface area (Å²) in [5.41, 5.74) is 5.23. The predicted molar refractivity (Wildman–Crippen MR) is 81.8 cm³/mol. The second-order valence-electron chi connectivity index (χ2n) is 5.38. The van der Waals surface area contributed by atoms with Gasteiger partial charge < -0.3 is 5.32 Å². The second-order valence-corrected chi connectivity index (χ2v) is 6.41. The van der Waals surface area contributed by atoms with Crippen LogP contribution in [-0.2, 0) is 6.42 Å². The first kappa shape index (κ1) is 12.8. The Morgan fingerprint density at radius 1 is 1.32 bits per heavy atom. The van der Waals surface area contributed by atoms with Crippen LogP contribution in [0, 0.1) is 13.8 Å². The Morgan fingerprint density at radius 2 is 2.16 bits per heavy atom. The fourth-order valence-electron chi connectivity index (χ4n) is 2.78. The van der Waals surface area contributed by atoms with Gasteiger partial charge >= 0.3 is 0 Å². The van der Waals surface area contributed by atoms with E-state index in [0.29, 0.717) is 6.04 Å². The van der Waals surface area contributed by atoms with Gasteiger partial charge in [-0.3, -0.25) is 0 Å². The van der Waals surface area contributed by atoms with Gasteiger partial charge in [-0.1, -0.05) is 17.7 Å². The SMILES string of the molecule is CNC1CCCc2nc(-c3cc(C)ccc3C)sc21. The van der Waals surface area contributed by atoms with Gasteiger partial charge in [0.15, 0.2) is 0 Å². The van der Waals surface area contributed by atoms with Crippen molar-refractivity contribution in [1.82, 2.24) is 10.3 Å². The zero-order chi connectivity index (χ0) is 13.4. The van der Waals surface area contributed by atoms with Crippen molar-refractivity contribution in [1.29, 1.82) is 0 Å². The first-order valence-electron chi connectivity index (χ1n) is 6.93. The maximum absolute atomic E-state index is 4.90. The summed E-state index contributed by atoms with van der Waals surface area (Å²) in [6.45, 7) is 4.32. The van der Waals surface area contributed by atoms with Crippen LogP contribution in [-0.4, -0.2) is 12.0 Å². The number of thiazole rings is 1. The highest BCUT2D eigenvalue weighted by Crippen LogP contribution is 2.38. The van der Waals surface area contributed by atoms with Gasteiger partial charge in [-0.2, -0.15) is 0 Å². The molecule has 0 amide bonds. The molecule has 0 saturated carbocycles. The number of benzene rings is 1. The van der Waals surface area contributed by atoms with E-state index in [1.807, 2.05) is 11.3 Å². The number of nitrogens with one attached hydrogen (secondary N) is 1. The van der Waals surface area contributed by atoms with E-state index in [9.17, 15) is 0 Å². The molecule has 19 heavy (non-hydrogen) atoms. The molecule has 1 aromatic carbocycles. The predicted octanol–water partition coefficient (Wildman–Crippen LogP) is 4.02. The van der Waals surface area contributed by atoms with Crippen LogP contribution in [0.15, 0.2) is 18.2 Å². The molecule has 0 aliphatic heterocycles. The van der Waals surface area contributed by atoms with Crippen LogP contribution in [0.25, 0.3) is 10.6 Å². The number of hydrogen-bond acceptors (Lipinski definition) is 3. The summed E-state index contributed by atoms with van der Waals surface area (Å²) in [6.07, 6.45) is 3.61. The standard InChI is InChI=1S/C16H20N2S/c1-10-7-8-11(2)12(9-10)16-18-14-6-4-5-13(17-3)15(14)19-16/h7-9,13,17H,4-6H2,1-3H3. The molecule has 1 heterocycles. The molecule has 1 N–H and O–H groups in total. The molecule has 0 spiro atoms. The van der Waals surface area contributed by atoms with Crippen molar-refractivity contribution >= 4 is 11.3 Å². The quantitative estimate of drug-likeness (QED) is 0.893. The van der Waals surface area contributed by atoms with Gasteiger partial charge in [-0.05, 0) is 51.8 Å². The van der Waals surface area contributed by atoms with Crippen LogP contribution >= 0.6 is 11.3 Å². The van der Waals surface area contributed by atoms with Crippen molar-refractivity contribution < 1.29 is 0 Å². The highest BCUT2D eigenvalue weighted by Gasteiger charge is 2.24. The fourth-order valence-corrected chi connectivity index (χ4v) is 4.11. The molecule has 1 aromatic heterocycles. The zero-order valence-corrected chi connectivity index (χ0v) is 12.6. The number of nitrogens with zero attached hydrogens (tertiary/aromatic N) is 1. The van der Waals surface area contributed by atoms with Crippen molar-refractivity contribution in [3.05, 3.63) is 39.9 Å². The van der Waals surface area contributed by atoms with Gasteiger partial charge in [0.05, 0.1) is 5.69 Å². The molecule has 1 aliphatic rings. The summed E-state index contributed by atoms with van der Waals surface area (Å²) in [5.74, 6) is 0. The lowest BCUT2D eigenvalue weighted by Crippen LogP contribution is -2.19. The van der Waals surface area contributed by atoms with Crippen molar-refractivity contribution in [2.45, 2.75) is 39.2 Å². The molecule has 2 aromatic rings. The summed E-state index contributed by atoms with van der Waals surface area (Å²) in [4.78, 5) is 6.35. The second kappa shape index (κ2) is 5.06. The summed E-state index contributed by atoms with van der Waals surface area (Å²) < 4.78 is 0. The lowest BCUT2D eigenvalue weighted by molar-refractivity contribution is 0.501. The molecule has 2 nitrogen and oxygen atoms in total. The molecule has 100 valence electrons. The molecule has 3 heteroatoms. The number of hydrogen-bond donors (Lipinski definition) is 1. The minimum absolute atomic E-state index is 0.500. The highest BCUT2D eigenvalue weighted by atomic mass is 32.1. The monoisotopic (exact) mass is 272 g/mol. The molecule has 1 aliphatic carbocycles. The molecule has 0 saturated heterocycles. The molecule has 1 unspecified atom stereocenters. The van der Waals surface area contributed by atoms with Crippen LogP contribution in [0.3, 0.4) is 0 Å². The van der Waals surface area contributed by atoms with Gasteiger partial charge in [0, 0.05) is 16.5 Å². The number of fused-ring (bicyclic) bond motifs is 1. The smallest absolute Gasteiger partial charge is 0.124 e. The third-order valence-electron chi connectivity index (χ3n) is 3.92. The van der Waals surface area contributed by atoms with Gasteiger partial charge in [0.2, 0.25) is 0 Å². The molecule has 3 rings (SSSR count). The Balaban J connectivity index is 2.07. The first-order chi connectivity index (χ1) is 9.19. The van der Waals surface area contributed by atoms with Crippen LogP contribution in [0.2, 0.25) is 0 Å². The lowest BCUT2D eigenvalue weighted by Gasteiger charge is -2.19.